The smallest absolute Gasteiger partial charge is 0.341 e. The Morgan fingerprint density at radius 2 is 2.03 bits per heavy atom. The quantitative estimate of drug-likeness (QED) is 0.595. The molecule has 1 aromatic carbocycles. The first-order valence-corrected chi connectivity index (χ1v) is 10.7. The Morgan fingerprint density at radius 1 is 1.19 bits per heavy atom. The van der Waals surface area contributed by atoms with Gasteiger partial charge in [-0.05, 0) is 49.6 Å². The third-order valence-electron chi connectivity index (χ3n) is 6.97. The van der Waals surface area contributed by atoms with Crippen molar-refractivity contribution in [3.05, 3.63) is 77.1 Å². The highest BCUT2D eigenvalue weighted by atomic mass is 19.1. The summed E-state index contributed by atoms with van der Waals surface area (Å²) in [6, 6.07) is 8.57. The average molecular weight is 432 g/mol. The maximum Gasteiger partial charge on any atom is 0.341 e. The monoisotopic (exact) mass is 432 g/mol. The van der Waals surface area contributed by atoms with E-state index in [1.807, 2.05) is 19.1 Å². The highest BCUT2D eigenvalue weighted by Gasteiger charge is 2.58. The Morgan fingerprint density at radius 3 is 2.75 bits per heavy atom. The largest absolute Gasteiger partial charge is 0.449 e. The minimum Gasteiger partial charge on any atom is -0.449 e. The van der Waals surface area contributed by atoms with Gasteiger partial charge in [0, 0.05) is 37.1 Å². The van der Waals surface area contributed by atoms with Gasteiger partial charge in [0.1, 0.15) is 11.5 Å². The summed E-state index contributed by atoms with van der Waals surface area (Å²) in [7, 11) is 0. The Hall–Kier alpha value is -3.55. The van der Waals surface area contributed by atoms with Gasteiger partial charge in [0.15, 0.2) is 5.60 Å². The van der Waals surface area contributed by atoms with Crippen LogP contribution in [-0.4, -0.2) is 44.6 Å². The molecule has 0 N–H and O–H groups in total. The predicted molar refractivity (Wildman–Crippen MR) is 112 cm³/mol. The van der Waals surface area contributed by atoms with Crippen LogP contribution >= 0.6 is 0 Å². The van der Waals surface area contributed by atoms with Crippen molar-refractivity contribution in [2.75, 3.05) is 13.1 Å². The van der Waals surface area contributed by atoms with Gasteiger partial charge in [0.05, 0.1) is 23.2 Å². The number of ether oxygens (including phenoxy) is 1. The summed E-state index contributed by atoms with van der Waals surface area (Å²) in [5.41, 5.74) is 1.57. The van der Waals surface area contributed by atoms with Gasteiger partial charge in [-0.25, -0.2) is 13.9 Å². The molecule has 1 unspecified atom stereocenters. The number of rotatable bonds is 3. The van der Waals surface area contributed by atoms with Crippen molar-refractivity contribution in [1.29, 1.82) is 0 Å². The third kappa shape index (κ3) is 2.65. The molecular formula is C24H21FN4O3. The molecule has 0 radical (unpaired) electrons. The maximum atomic E-state index is 14.9. The Kier molecular flexibility index (Phi) is 3.88. The zero-order valence-corrected chi connectivity index (χ0v) is 17.5. The first-order chi connectivity index (χ1) is 15.4. The molecule has 6 rings (SSSR count). The van der Waals surface area contributed by atoms with Crippen LogP contribution in [0.4, 0.5) is 4.39 Å². The molecule has 1 spiro atoms. The molecule has 0 bridgehead atoms. The molecule has 3 aliphatic rings. The van der Waals surface area contributed by atoms with Gasteiger partial charge in [-0.3, -0.25) is 9.78 Å². The Bertz CT molecular complexity index is 1280. The lowest BCUT2D eigenvalue weighted by molar-refractivity contribution is -0.134. The predicted octanol–water partition coefficient (Wildman–Crippen LogP) is 3.04. The zero-order chi connectivity index (χ0) is 22.1. The summed E-state index contributed by atoms with van der Waals surface area (Å²) in [5, 5.41) is 4.27. The second kappa shape index (κ2) is 6.48. The molecule has 2 fully saturated rings. The SMILES string of the molecule is Cc1ccn(-c2ccc(C3(C(=O)N4CCC5(C4)OC(=O)c4cnccc45)CC3)cc2F)n1. The molecule has 162 valence electrons. The van der Waals surface area contributed by atoms with Crippen molar-refractivity contribution in [1.82, 2.24) is 19.7 Å². The van der Waals surface area contributed by atoms with Crippen LogP contribution in [0.5, 0.6) is 0 Å². The number of amides is 1. The molecule has 3 aromatic rings. The number of benzene rings is 1. The Balaban J connectivity index is 1.27. The average Bonchev–Trinajstić information content (AvgIpc) is 3.19. The topological polar surface area (TPSA) is 77.3 Å². The van der Waals surface area contributed by atoms with Crippen molar-refractivity contribution >= 4 is 11.9 Å². The standard InChI is InChI=1S/C24H21FN4O3/c1-15-5-10-29(27-15)20-3-2-16(12-19(20)25)23(6-7-23)22(31)28-11-8-24(14-28)18-4-9-26-13-17(18)21(30)32-24/h2-5,9-10,12-13H,6-8,11,14H2,1H3. The molecule has 1 amide bonds. The minimum absolute atomic E-state index is 0.0324. The molecule has 1 aliphatic carbocycles. The molecule has 2 aromatic heterocycles. The summed E-state index contributed by atoms with van der Waals surface area (Å²) in [4.78, 5) is 31.7. The van der Waals surface area contributed by atoms with Gasteiger partial charge in [-0.1, -0.05) is 6.07 Å². The van der Waals surface area contributed by atoms with Crippen LogP contribution in [0.2, 0.25) is 0 Å². The number of hydrogen-bond acceptors (Lipinski definition) is 5. The van der Waals surface area contributed by atoms with Gasteiger partial charge >= 0.3 is 5.97 Å². The first-order valence-electron chi connectivity index (χ1n) is 10.7. The lowest BCUT2D eigenvalue weighted by Crippen LogP contribution is -2.40. The molecule has 7 nitrogen and oxygen atoms in total. The summed E-state index contributed by atoms with van der Waals surface area (Å²) in [6.07, 6.45) is 6.77. The molecule has 4 heterocycles. The highest BCUT2D eigenvalue weighted by molar-refractivity contribution is 5.95. The van der Waals surface area contributed by atoms with E-state index in [0.717, 1.165) is 11.3 Å². The lowest BCUT2D eigenvalue weighted by atomic mass is 9.92. The molecule has 1 atom stereocenters. The second-order valence-corrected chi connectivity index (χ2v) is 8.93. The summed E-state index contributed by atoms with van der Waals surface area (Å²) in [5.74, 6) is -0.834. The van der Waals surface area contributed by atoms with Crippen molar-refractivity contribution < 1.29 is 18.7 Å². The third-order valence-corrected chi connectivity index (χ3v) is 6.97. The van der Waals surface area contributed by atoms with Crippen LogP contribution in [0.25, 0.3) is 5.69 Å². The van der Waals surface area contributed by atoms with Crippen molar-refractivity contribution in [2.45, 2.75) is 37.2 Å². The van der Waals surface area contributed by atoms with Gasteiger partial charge in [0.25, 0.3) is 0 Å². The van der Waals surface area contributed by atoms with Gasteiger partial charge < -0.3 is 9.64 Å². The first kappa shape index (κ1) is 19.2. The van der Waals surface area contributed by atoms with E-state index in [1.165, 1.54) is 16.9 Å². The van der Waals surface area contributed by atoms with E-state index in [0.29, 0.717) is 49.2 Å². The fraction of sp³-hybridized carbons (Fsp3) is 0.333. The van der Waals surface area contributed by atoms with Gasteiger partial charge in [0.2, 0.25) is 5.91 Å². The molecule has 8 heteroatoms. The van der Waals surface area contributed by atoms with E-state index in [-0.39, 0.29) is 5.91 Å². The summed E-state index contributed by atoms with van der Waals surface area (Å²) in [6.45, 7) is 2.65. The fourth-order valence-electron chi connectivity index (χ4n) is 5.09. The summed E-state index contributed by atoms with van der Waals surface area (Å²) >= 11 is 0. The number of hydrogen-bond donors (Lipinski definition) is 0. The van der Waals surface area contributed by atoms with E-state index in [9.17, 15) is 14.0 Å². The van der Waals surface area contributed by atoms with Crippen molar-refractivity contribution in [2.24, 2.45) is 0 Å². The van der Waals surface area contributed by atoms with E-state index in [1.54, 1.807) is 29.4 Å². The fourth-order valence-corrected chi connectivity index (χ4v) is 5.09. The Labute approximate surface area is 183 Å². The number of carbonyl (C=O) groups is 2. The number of fused-ring (bicyclic) bond motifs is 2. The maximum absolute atomic E-state index is 14.9. The number of aromatic nitrogens is 3. The van der Waals surface area contributed by atoms with Crippen LogP contribution in [-0.2, 0) is 20.5 Å². The number of carbonyl (C=O) groups excluding carboxylic acids is 2. The minimum atomic E-state index is -0.811. The van der Waals surface area contributed by atoms with E-state index in [4.69, 9.17) is 4.74 Å². The number of aryl methyl sites for hydroxylation is 1. The zero-order valence-electron chi connectivity index (χ0n) is 17.5. The number of nitrogens with zero attached hydrogens (tertiary/aromatic N) is 4. The second-order valence-electron chi connectivity index (χ2n) is 8.93. The van der Waals surface area contributed by atoms with Crippen molar-refractivity contribution in [3.8, 4) is 5.69 Å². The molecule has 32 heavy (non-hydrogen) atoms. The lowest BCUT2D eigenvalue weighted by Gasteiger charge is -2.27. The molecule has 1 saturated heterocycles. The normalized spacial score (nSPS) is 22.8. The van der Waals surface area contributed by atoms with Crippen LogP contribution in [0.15, 0.2) is 48.9 Å². The number of esters is 1. The van der Waals surface area contributed by atoms with Crippen LogP contribution in [0.3, 0.4) is 0 Å². The molecule has 1 saturated carbocycles. The van der Waals surface area contributed by atoms with Crippen LogP contribution < -0.4 is 0 Å². The number of pyridine rings is 1. The van der Waals surface area contributed by atoms with E-state index >= 15 is 0 Å². The van der Waals surface area contributed by atoms with Gasteiger partial charge in [-0.2, -0.15) is 5.10 Å². The molecule has 2 aliphatic heterocycles. The number of halogens is 1. The number of likely N-dealkylation sites (tertiary alicyclic amines) is 1. The van der Waals surface area contributed by atoms with Crippen LogP contribution in [0.1, 0.15) is 46.4 Å². The van der Waals surface area contributed by atoms with Crippen molar-refractivity contribution in [3.63, 3.8) is 0 Å². The van der Waals surface area contributed by atoms with Gasteiger partial charge in [-0.15, -0.1) is 0 Å². The highest BCUT2D eigenvalue weighted by Crippen LogP contribution is 2.52. The summed E-state index contributed by atoms with van der Waals surface area (Å²) < 4.78 is 22.2. The van der Waals surface area contributed by atoms with E-state index < -0.39 is 22.8 Å². The molecular weight excluding hydrogens is 411 g/mol. The van der Waals surface area contributed by atoms with Crippen LogP contribution in [0, 0.1) is 12.7 Å². The van der Waals surface area contributed by atoms with E-state index in [2.05, 4.69) is 10.1 Å².